The molecule has 4 heteroatoms. The topological polar surface area (TPSA) is 12.0 Å². The molecule has 1 nitrogen and oxygen atoms in total. The van der Waals surface area contributed by atoms with Crippen LogP contribution in [0.3, 0.4) is 0 Å². The molecule has 0 aliphatic rings. The van der Waals surface area contributed by atoms with Crippen molar-refractivity contribution in [3.05, 3.63) is 58.9 Å². The van der Waals surface area contributed by atoms with Gasteiger partial charge in [0.25, 0.3) is 0 Å². The van der Waals surface area contributed by atoms with Gasteiger partial charge in [0.1, 0.15) is 5.82 Å². The van der Waals surface area contributed by atoms with Gasteiger partial charge in [-0.1, -0.05) is 36.7 Å². The molecule has 1 unspecified atom stereocenters. The molecule has 0 aliphatic carbocycles. The van der Waals surface area contributed by atoms with Gasteiger partial charge >= 0.3 is 0 Å². The third-order valence-electron chi connectivity index (χ3n) is 2.99. The number of halogens is 2. The first kappa shape index (κ1) is 15.2. The lowest BCUT2D eigenvalue weighted by Gasteiger charge is -2.19. The second-order valence-electron chi connectivity index (χ2n) is 4.46. The van der Waals surface area contributed by atoms with Gasteiger partial charge in [0.05, 0.1) is 6.04 Å². The van der Waals surface area contributed by atoms with E-state index in [1.165, 1.54) is 17.0 Å². The molecule has 1 N–H and O–H groups in total. The second kappa shape index (κ2) is 7.00. The van der Waals surface area contributed by atoms with Crippen LogP contribution in [0.15, 0.2) is 47.4 Å². The summed E-state index contributed by atoms with van der Waals surface area (Å²) in [7, 11) is 0. The molecule has 1 atom stereocenters. The molecule has 0 fully saturated rings. The summed E-state index contributed by atoms with van der Waals surface area (Å²) in [6.45, 7) is 4.15. The summed E-state index contributed by atoms with van der Waals surface area (Å²) in [5, 5.41) is 3.89. The minimum absolute atomic E-state index is 0.0155. The Morgan fingerprint density at radius 2 is 2.00 bits per heavy atom. The Bertz CT molecular complexity index is 588. The minimum Gasteiger partial charge on any atom is -0.378 e. The fourth-order valence-electron chi connectivity index (χ4n) is 2.03. The van der Waals surface area contributed by atoms with Crippen molar-refractivity contribution >= 4 is 29.1 Å². The van der Waals surface area contributed by atoms with E-state index < -0.39 is 0 Å². The molecule has 2 aromatic carbocycles. The molecule has 0 bridgehead atoms. The molecule has 0 spiro atoms. The van der Waals surface area contributed by atoms with E-state index in [1.54, 1.807) is 17.8 Å². The lowest BCUT2D eigenvalue weighted by molar-refractivity contribution is 0.626. The fourth-order valence-corrected chi connectivity index (χ4v) is 3.13. The van der Waals surface area contributed by atoms with E-state index in [2.05, 4.69) is 18.3 Å². The van der Waals surface area contributed by atoms with Crippen molar-refractivity contribution in [3.63, 3.8) is 0 Å². The molecular formula is C16H17ClFNS. The van der Waals surface area contributed by atoms with Gasteiger partial charge in [-0.25, -0.2) is 4.39 Å². The van der Waals surface area contributed by atoms with Crippen LogP contribution in [0.5, 0.6) is 0 Å². The third-order valence-corrected chi connectivity index (χ3v) is 4.27. The quantitative estimate of drug-likeness (QED) is 0.704. The zero-order valence-electron chi connectivity index (χ0n) is 11.5. The Hall–Kier alpha value is -1.19. The van der Waals surface area contributed by atoms with Gasteiger partial charge in [-0.2, -0.15) is 0 Å². The summed E-state index contributed by atoms with van der Waals surface area (Å²) in [5.41, 5.74) is 1.97. The van der Waals surface area contributed by atoms with Crippen molar-refractivity contribution in [2.24, 2.45) is 0 Å². The molecule has 2 rings (SSSR count). The Morgan fingerprint density at radius 3 is 2.70 bits per heavy atom. The largest absolute Gasteiger partial charge is 0.378 e. The highest BCUT2D eigenvalue weighted by Crippen LogP contribution is 2.31. The number of para-hydroxylation sites is 1. The first-order valence-electron chi connectivity index (χ1n) is 6.55. The van der Waals surface area contributed by atoms with E-state index in [0.717, 1.165) is 17.0 Å². The van der Waals surface area contributed by atoms with Crippen molar-refractivity contribution < 1.29 is 4.39 Å². The maximum absolute atomic E-state index is 13.1. The van der Waals surface area contributed by atoms with E-state index in [-0.39, 0.29) is 11.9 Å². The van der Waals surface area contributed by atoms with E-state index in [1.807, 2.05) is 25.1 Å². The molecular weight excluding hydrogens is 293 g/mol. The lowest BCUT2D eigenvalue weighted by Crippen LogP contribution is -2.08. The minimum atomic E-state index is -0.312. The van der Waals surface area contributed by atoms with E-state index >= 15 is 0 Å². The van der Waals surface area contributed by atoms with Crippen LogP contribution in [0, 0.1) is 5.82 Å². The maximum Gasteiger partial charge on any atom is 0.124 e. The smallest absolute Gasteiger partial charge is 0.124 e. The van der Waals surface area contributed by atoms with Crippen molar-refractivity contribution in [1.29, 1.82) is 0 Å². The van der Waals surface area contributed by atoms with Gasteiger partial charge in [-0.05, 0) is 42.5 Å². The molecule has 0 radical (unpaired) electrons. The van der Waals surface area contributed by atoms with Gasteiger partial charge < -0.3 is 5.32 Å². The Kier molecular flexibility index (Phi) is 5.32. The standard InChI is InChI=1S/C16H17ClFNS/c1-3-20-16-7-5-4-6-15(16)19-11(2)13-9-8-12(18)10-14(13)17/h4-11,19H,3H2,1-2H3. The molecule has 0 aliphatic heterocycles. The van der Waals surface area contributed by atoms with Crippen LogP contribution >= 0.6 is 23.4 Å². The predicted octanol–water partition coefficient (Wildman–Crippen LogP) is 5.76. The van der Waals surface area contributed by atoms with Crippen molar-refractivity contribution in [2.45, 2.75) is 24.8 Å². The monoisotopic (exact) mass is 309 g/mol. The maximum atomic E-state index is 13.1. The van der Waals surface area contributed by atoms with E-state index in [4.69, 9.17) is 11.6 Å². The summed E-state index contributed by atoms with van der Waals surface area (Å²) in [5.74, 6) is 0.706. The lowest BCUT2D eigenvalue weighted by atomic mass is 10.1. The number of rotatable bonds is 5. The predicted molar refractivity (Wildman–Crippen MR) is 86.3 cm³/mol. The number of thioether (sulfide) groups is 1. The molecule has 0 aromatic heterocycles. The normalized spacial score (nSPS) is 12.2. The number of nitrogens with one attached hydrogen (secondary N) is 1. The van der Waals surface area contributed by atoms with E-state index in [9.17, 15) is 4.39 Å². The van der Waals surface area contributed by atoms with Crippen LogP contribution in [-0.2, 0) is 0 Å². The Balaban J connectivity index is 2.21. The third kappa shape index (κ3) is 3.68. The number of hydrogen-bond donors (Lipinski definition) is 1. The van der Waals surface area contributed by atoms with Gasteiger partial charge in [0.2, 0.25) is 0 Å². The second-order valence-corrected chi connectivity index (χ2v) is 6.17. The summed E-state index contributed by atoms with van der Waals surface area (Å²) >= 11 is 7.90. The average Bonchev–Trinajstić information content (AvgIpc) is 2.41. The molecule has 20 heavy (non-hydrogen) atoms. The van der Waals surface area contributed by atoms with Gasteiger partial charge in [-0.15, -0.1) is 11.8 Å². The van der Waals surface area contributed by atoms with Crippen LogP contribution in [-0.4, -0.2) is 5.75 Å². The first-order chi connectivity index (χ1) is 9.61. The number of anilines is 1. The molecule has 0 saturated carbocycles. The summed E-state index contributed by atoms with van der Waals surface area (Å²) in [6.07, 6.45) is 0. The van der Waals surface area contributed by atoms with E-state index in [0.29, 0.717) is 5.02 Å². The molecule has 0 amide bonds. The Morgan fingerprint density at radius 1 is 1.25 bits per heavy atom. The zero-order valence-corrected chi connectivity index (χ0v) is 13.1. The Labute approximate surface area is 128 Å². The highest BCUT2D eigenvalue weighted by Gasteiger charge is 2.12. The SMILES string of the molecule is CCSc1ccccc1NC(C)c1ccc(F)cc1Cl. The van der Waals surface area contributed by atoms with Gasteiger partial charge in [-0.3, -0.25) is 0 Å². The van der Waals surface area contributed by atoms with Crippen LogP contribution in [0.2, 0.25) is 5.02 Å². The number of hydrogen-bond acceptors (Lipinski definition) is 2. The zero-order chi connectivity index (χ0) is 14.5. The van der Waals surface area contributed by atoms with Crippen LogP contribution < -0.4 is 5.32 Å². The van der Waals surface area contributed by atoms with Gasteiger partial charge in [0.15, 0.2) is 0 Å². The molecule has 0 saturated heterocycles. The van der Waals surface area contributed by atoms with Crippen molar-refractivity contribution in [2.75, 3.05) is 11.1 Å². The summed E-state index contributed by atoms with van der Waals surface area (Å²) in [4.78, 5) is 1.21. The highest BCUT2D eigenvalue weighted by atomic mass is 35.5. The van der Waals surface area contributed by atoms with Crippen LogP contribution in [0.25, 0.3) is 0 Å². The van der Waals surface area contributed by atoms with Crippen molar-refractivity contribution in [3.8, 4) is 0 Å². The molecule has 2 aromatic rings. The first-order valence-corrected chi connectivity index (χ1v) is 7.91. The summed E-state index contributed by atoms with van der Waals surface area (Å²) in [6, 6.07) is 12.7. The van der Waals surface area contributed by atoms with Crippen LogP contribution in [0.4, 0.5) is 10.1 Å². The molecule has 0 heterocycles. The fraction of sp³-hybridized carbons (Fsp3) is 0.250. The average molecular weight is 310 g/mol. The highest BCUT2D eigenvalue weighted by molar-refractivity contribution is 7.99. The van der Waals surface area contributed by atoms with Crippen molar-refractivity contribution in [1.82, 2.24) is 0 Å². The summed E-state index contributed by atoms with van der Waals surface area (Å²) < 4.78 is 13.1. The number of benzene rings is 2. The van der Waals surface area contributed by atoms with Crippen LogP contribution in [0.1, 0.15) is 25.5 Å². The van der Waals surface area contributed by atoms with Gasteiger partial charge in [0, 0.05) is 15.6 Å². The molecule has 106 valence electrons.